The number of benzene rings is 1. The van der Waals surface area contributed by atoms with Gasteiger partial charge in [-0.1, -0.05) is 36.8 Å². The van der Waals surface area contributed by atoms with E-state index in [9.17, 15) is 0 Å². The lowest BCUT2D eigenvalue weighted by atomic mass is 10.1. The van der Waals surface area contributed by atoms with Gasteiger partial charge in [-0.15, -0.1) is 0 Å². The van der Waals surface area contributed by atoms with Gasteiger partial charge in [0.25, 0.3) is 0 Å². The molecule has 1 saturated heterocycles. The molecule has 2 heterocycles. The van der Waals surface area contributed by atoms with Crippen LogP contribution in [0.25, 0.3) is 0 Å². The van der Waals surface area contributed by atoms with E-state index < -0.39 is 0 Å². The van der Waals surface area contributed by atoms with E-state index in [1.807, 2.05) is 48.2 Å². The van der Waals surface area contributed by atoms with Crippen molar-refractivity contribution in [2.24, 2.45) is 5.10 Å². The summed E-state index contributed by atoms with van der Waals surface area (Å²) in [5, 5.41) is 9.01. The van der Waals surface area contributed by atoms with Gasteiger partial charge >= 0.3 is 0 Å². The smallest absolute Gasteiger partial charge is 0.220 e. The van der Waals surface area contributed by atoms with Gasteiger partial charge in [0.2, 0.25) is 4.77 Å². The van der Waals surface area contributed by atoms with E-state index in [-0.39, 0.29) is 0 Å². The van der Waals surface area contributed by atoms with Crippen molar-refractivity contribution in [1.82, 2.24) is 19.4 Å². The molecule has 0 bridgehead atoms. The zero-order valence-electron chi connectivity index (χ0n) is 12.9. The standard InChI is InChI=1S/C16H21N5S/c1-14-18-20(13-19-10-6-3-7-11-19)16(22)21(14)17-12-15-8-4-2-5-9-15/h2,4-5,8-9,12H,3,6-7,10-11,13H2,1H3/b17-12+. The Morgan fingerprint density at radius 1 is 1.18 bits per heavy atom. The van der Waals surface area contributed by atoms with Crippen LogP contribution in [0.2, 0.25) is 0 Å². The maximum Gasteiger partial charge on any atom is 0.220 e. The van der Waals surface area contributed by atoms with Crippen LogP contribution in [0.5, 0.6) is 0 Å². The zero-order chi connectivity index (χ0) is 15.4. The number of likely N-dealkylation sites (tertiary alicyclic amines) is 1. The van der Waals surface area contributed by atoms with Crippen molar-refractivity contribution in [2.45, 2.75) is 32.9 Å². The Hall–Kier alpha value is -1.79. The SMILES string of the molecule is Cc1nn(CN2CCCCC2)c(=S)n1/N=C/c1ccccc1. The molecule has 0 atom stereocenters. The summed E-state index contributed by atoms with van der Waals surface area (Å²) in [5.41, 5.74) is 1.05. The van der Waals surface area contributed by atoms with Crippen LogP contribution in [0, 0.1) is 11.7 Å². The summed E-state index contributed by atoms with van der Waals surface area (Å²) in [5.74, 6) is 0.814. The van der Waals surface area contributed by atoms with E-state index in [2.05, 4.69) is 15.1 Å². The van der Waals surface area contributed by atoms with Gasteiger partial charge in [-0.25, -0.2) is 4.68 Å². The molecule has 0 spiro atoms. The van der Waals surface area contributed by atoms with Gasteiger partial charge in [0.05, 0.1) is 12.9 Å². The molecule has 1 aliphatic heterocycles. The fourth-order valence-electron chi connectivity index (χ4n) is 2.69. The van der Waals surface area contributed by atoms with Gasteiger partial charge in [0.15, 0.2) is 5.82 Å². The second-order valence-corrected chi connectivity index (χ2v) is 5.98. The lowest BCUT2D eigenvalue weighted by Gasteiger charge is -2.25. The molecule has 0 unspecified atom stereocenters. The number of rotatable bonds is 4. The molecule has 3 rings (SSSR count). The summed E-state index contributed by atoms with van der Waals surface area (Å²) >= 11 is 5.52. The van der Waals surface area contributed by atoms with Crippen LogP contribution in [0.4, 0.5) is 0 Å². The van der Waals surface area contributed by atoms with Crippen LogP contribution >= 0.6 is 12.2 Å². The molecule has 1 fully saturated rings. The molecule has 116 valence electrons. The molecule has 2 aromatic rings. The third-order valence-electron chi connectivity index (χ3n) is 3.88. The van der Waals surface area contributed by atoms with Gasteiger partial charge in [-0.2, -0.15) is 14.9 Å². The number of nitrogens with zero attached hydrogens (tertiary/aromatic N) is 5. The normalized spacial score (nSPS) is 16.4. The van der Waals surface area contributed by atoms with E-state index in [1.54, 1.807) is 4.68 Å². The molecule has 6 heteroatoms. The predicted octanol–water partition coefficient (Wildman–Crippen LogP) is 3.05. The van der Waals surface area contributed by atoms with Gasteiger partial charge in [-0.3, -0.25) is 4.90 Å². The summed E-state index contributed by atoms with van der Waals surface area (Å²) < 4.78 is 4.25. The second-order valence-electron chi connectivity index (χ2n) is 5.62. The summed E-state index contributed by atoms with van der Waals surface area (Å²) in [6, 6.07) is 10.0. The Kier molecular flexibility index (Phi) is 4.80. The predicted molar refractivity (Wildman–Crippen MR) is 90.6 cm³/mol. The lowest BCUT2D eigenvalue weighted by Crippen LogP contribution is -2.32. The molecule has 1 aromatic carbocycles. The molecule has 1 aliphatic rings. The molecular weight excluding hydrogens is 294 g/mol. The van der Waals surface area contributed by atoms with Crippen LogP contribution in [-0.2, 0) is 6.67 Å². The Labute approximate surface area is 135 Å². The van der Waals surface area contributed by atoms with Crippen molar-refractivity contribution >= 4 is 18.4 Å². The number of hydrogen-bond donors (Lipinski definition) is 0. The highest BCUT2D eigenvalue weighted by Crippen LogP contribution is 2.10. The molecule has 0 N–H and O–H groups in total. The van der Waals surface area contributed by atoms with Crippen molar-refractivity contribution in [3.8, 4) is 0 Å². The summed E-state index contributed by atoms with van der Waals surface area (Å²) in [6.07, 6.45) is 5.67. The van der Waals surface area contributed by atoms with Crippen LogP contribution in [0.15, 0.2) is 35.4 Å². The van der Waals surface area contributed by atoms with Crippen molar-refractivity contribution in [2.75, 3.05) is 13.1 Å². The van der Waals surface area contributed by atoms with Gasteiger partial charge in [0, 0.05) is 0 Å². The highest BCUT2D eigenvalue weighted by atomic mass is 32.1. The second kappa shape index (κ2) is 6.98. The fourth-order valence-corrected chi connectivity index (χ4v) is 2.96. The molecule has 22 heavy (non-hydrogen) atoms. The first-order chi connectivity index (χ1) is 10.7. The molecule has 0 radical (unpaired) electrons. The van der Waals surface area contributed by atoms with E-state index in [0.29, 0.717) is 4.77 Å². The quantitative estimate of drug-likeness (QED) is 0.643. The third-order valence-corrected chi connectivity index (χ3v) is 4.26. The van der Waals surface area contributed by atoms with Gasteiger partial charge < -0.3 is 0 Å². The topological polar surface area (TPSA) is 38.4 Å². The van der Waals surface area contributed by atoms with Gasteiger partial charge in [-0.05, 0) is 50.6 Å². The highest BCUT2D eigenvalue weighted by Gasteiger charge is 2.13. The molecule has 0 aliphatic carbocycles. The third kappa shape index (κ3) is 3.51. The first-order valence-electron chi connectivity index (χ1n) is 7.72. The van der Waals surface area contributed by atoms with Gasteiger partial charge in [0.1, 0.15) is 0 Å². The maximum absolute atomic E-state index is 5.52. The summed E-state index contributed by atoms with van der Waals surface area (Å²) in [7, 11) is 0. The summed E-state index contributed by atoms with van der Waals surface area (Å²) in [6.45, 7) is 4.94. The van der Waals surface area contributed by atoms with Crippen molar-refractivity contribution in [1.29, 1.82) is 0 Å². The Balaban J connectivity index is 1.78. The fraction of sp³-hybridized carbons (Fsp3) is 0.438. The van der Waals surface area contributed by atoms with E-state index >= 15 is 0 Å². The van der Waals surface area contributed by atoms with Crippen LogP contribution in [0.1, 0.15) is 30.7 Å². The van der Waals surface area contributed by atoms with E-state index in [0.717, 1.165) is 31.1 Å². The van der Waals surface area contributed by atoms with E-state index in [1.165, 1.54) is 19.3 Å². The number of piperidine rings is 1. The minimum absolute atomic E-state index is 0.648. The van der Waals surface area contributed by atoms with Crippen LogP contribution < -0.4 is 0 Å². The average Bonchev–Trinajstić information content (AvgIpc) is 2.81. The maximum atomic E-state index is 5.52. The number of hydrogen-bond acceptors (Lipinski definition) is 4. The Morgan fingerprint density at radius 2 is 1.91 bits per heavy atom. The van der Waals surface area contributed by atoms with Crippen molar-refractivity contribution in [3.63, 3.8) is 0 Å². The zero-order valence-corrected chi connectivity index (χ0v) is 13.7. The number of aryl methyl sites for hydroxylation is 1. The number of aromatic nitrogens is 3. The highest BCUT2D eigenvalue weighted by molar-refractivity contribution is 7.71. The van der Waals surface area contributed by atoms with Crippen molar-refractivity contribution in [3.05, 3.63) is 46.5 Å². The summed E-state index contributed by atoms with van der Waals surface area (Å²) in [4.78, 5) is 2.40. The largest absolute Gasteiger partial charge is 0.284 e. The first kappa shape index (κ1) is 15.1. The first-order valence-corrected chi connectivity index (χ1v) is 8.13. The molecule has 0 saturated carbocycles. The minimum atomic E-state index is 0.648. The molecular formula is C16H21N5S. The molecule has 1 aromatic heterocycles. The minimum Gasteiger partial charge on any atom is -0.284 e. The Bertz CT molecular complexity index is 695. The van der Waals surface area contributed by atoms with E-state index in [4.69, 9.17) is 12.2 Å². The lowest BCUT2D eigenvalue weighted by molar-refractivity contribution is 0.172. The molecule has 5 nitrogen and oxygen atoms in total. The average molecular weight is 315 g/mol. The monoisotopic (exact) mass is 315 g/mol. The van der Waals surface area contributed by atoms with Crippen LogP contribution in [-0.4, -0.2) is 38.7 Å². The van der Waals surface area contributed by atoms with Crippen molar-refractivity contribution < 1.29 is 0 Å². The van der Waals surface area contributed by atoms with Crippen LogP contribution in [0.3, 0.4) is 0 Å². The Morgan fingerprint density at radius 3 is 2.64 bits per heavy atom. The molecule has 0 amide bonds.